The van der Waals surface area contributed by atoms with Gasteiger partial charge in [-0.25, -0.2) is 9.07 Å². The maximum Gasteiger partial charge on any atom is 0.276 e. The number of carbonyl (C=O) groups excluding carboxylic acids is 1. The third-order valence-electron chi connectivity index (χ3n) is 3.76. The highest BCUT2D eigenvalue weighted by Gasteiger charge is 2.14. The number of rotatable bonds is 4. The highest BCUT2D eigenvalue weighted by atomic mass is 19.1. The predicted molar refractivity (Wildman–Crippen MR) is 92.5 cm³/mol. The maximum absolute atomic E-state index is 14.3. The minimum Gasteiger partial charge on any atom is -0.463 e. The largest absolute Gasteiger partial charge is 0.463 e. The van der Waals surface area contributed by atoms with E-state index < -0.39 is 11.7 Å². The van der Waals surface area contributed by atoms with Gasteiger partial charge in [0.2, 0.25) is 0 Å². The molecular formula is C18H14FN5O2. The van der Waals surface area contributed by atoms with Crippen molar-refractivity contribution in [1.82, 2.24) is 20.0 Å². The van der Waals surface area contributed by atoms with Crippen LogP contribution in [0.25, 0.3) is 17.1 Å². The first kappa shape index (κ1) is 15.8. The first-order chi connectivity index (χ1) is 12.6. The fourth-order valence-corrected chi connectivity index (χ4v) is 2.51. The van der Waals surface area contributed by atoms with Crippen LogP contribution < -0.4 is 5.32 Å². The molecule has 1 amide bonds. The van der Waals surface area contributed by atoms with Crippen molar-refractivity contribution in [1.29, 1.82) is 0 Å². The number of furan rings is 1. The van der Waals surface area contributed by atoms with E-state index in [1.807, 2.05) is 6.92 Å². The topological polar surface area (TPSA) is 88.7 Å². The van der Waals surface area contributed by atoms with Crippen molar-refractivity contribution in [3.8, 4) is 17.1 Å². The Morgan fingerprint density at radius 2 is 2.19 bits per heavy atom. The van der Waals surface area contributed by atoms with Gasteiger partial charge in [0.25, 0.3) is 5.91 Å². The zero-order valence-electron chi connectivity index (χ0n) is 13.7. The summed E-state index contributed by atoms with van der Waals surface area (Å²) >= 11 is 0. The van der Waals surface area contributed by atoms with Gasteiger partial charge < -0.3 is 9.73 Å². The molecule has 2 N–H and O–H groups in total. The van der Waals surface area contributed by atoms with E-state index in [1.165, 1.54) is 17.0 Å². The molecule has 7 nitrogen and oxygen atoms in total. The van der Waals surface area contributed by atoms with Gasteiger partial charge in [-0.3, -0.25) is 9.89 Å². The first-order valence-corrected chi connectivity index (χ1v) is 7.82. The van der Waals surface area contributed by atoms with Gasteiger partial charge in [0, 0.05) is 18.0 Å². The van der Waals surface area contributed by atoms with Crippen LogP contribution in [0.5, 0.6) is 0 Å². The Morgan fingerprint density at radius 1 is 1.31 bits per heavy atom. The van der Waals surface area contributed by atoms with E-state index in [0.717, 1.165) is 5.56 Å². The average molecular weight is 351 g/mol. The number of H-pyrrole nitrogens is 1. The zero-order valence-corrected chi connectivity index (χ0v) is 13.7. The summed E-state index contributed by atoms with van der Waals surface area (Å²) in [5.41, 5.74) is 2.30. The van der Waals surface area contributed by atoms with Crippen LogP contribution >= 0.6 is 0 Å². The molecule has 0 aliphatic heterocycles. The standard InChI is InChI=1S/C18H14FN5O2/c1-11-9-20-24(10-11)16-5-4-12(7-13(16)19)21-18(25)15-8-14(22-23-15)17-3-2-6-26-17/h2-10H,1H3,(H,21,25)(H,22,23). The highest BCUT2D eigenvalue weighted by Crippen LogP contribution is 2.20. The number of halogens is 1. The number of nitrogens with zero attached hydrogens (tertiary/aromatic N) is 3. The van der Waals surface area contributed by atoms with Gasteiger partial charge in [-0.15, -0.1) is 0 Å². The van der Waals surface area contributed by atoms with Crippen molar-refractivity contribution in [3.63, 3.8) is 0 Å². The van der Waals surface area contributed by atoms with Crippen LogP contribution in [0, 0.1) is 12.7 Å². The molecule has 4 rings (SSSR count). The van der Waals surface area contributed by atoms with Crippen LogP contribution in [0.15, 0.2) is 59.5 Å². The van der Waals surface area contributed by atoms with Crippen LogP contribution in [-0.4, -0.2) is 25.9 Å². The molecule has 1 aromatic carbocycles. The summed E-state index contributed by atoms with van der Waals surface area (Å²) in [6.07, 6.45) is 4.89. The predicted octanol–water partition coefficient (Wildman–Crippen LogP) is 3.56. The van der Waals surface area contributed by atoms with E-state index in [9.17, 15) is 9.18 Å². The molecule has 0 saturated carbocycles. The number of aromatic amines is 1. The second-order valence-corrected chi connectivity index (χ2v) is 5.73. The molecule has 0 radical (unpaired) electrons. The van der Waals surface area contributed by atoms with E-state index in [0.29, 0.717) is 22.8 Å². The number of aryl methyl sites for hydroxylation is 1. The van der Waals surface area contributed by atoms with Crippen molar-refractivity contribution < 1.29 is 13.6 Å². The van der Waals surface area contributed by atoms with Gasteiger partial charge in [0.05, 0.1) is 12.5 Å². The SMILES string of the molecule is Cc1cnn(-c2ccc(NC(=O)c3cc(-c4ccco4)[nH]n3)cc2F)c1. The van der Waals surface area contributed by atoms with E-state index in [1.54, 1.807) is 42.7 Å². The van der Waals surface area contributed by atoms with E-state index in [-0.39, 0.29) is 5.69 Å². The summed E-state index contributed by atoms with van der Waals surface area (Å²) in [6, 6.07) is 9.45. The van der Waals surface area contributed by atoms with E-state index >= 15 is 0 Å². The van der Waals surface area contributed by atoms with Gasteiger partial charge in [-0.05, 0) is 42.8 Å². The minimum absolute atomic E-state index is 0.170. The normalized spacial score (nSPS) is 10.8. The number of benzene rings is 1. The number of aromatic nitrogens is 4. The molecule has 0 atom stereocenters. The van der Waals surface area contributed by atoms with Crippen LogP contribution in [0.4, 0.5) is 10.1 Å². The second-order valence-electron chi connectivity index (χ2n) is 5.73. The fourth-order valence-electron chi connectivity index (χ4n) is 2.51. The minimum atomic E-state index is -0.496. The molecule has 130 valence electrons. The number of amides is 1. The summed E-state index contributed by atoms with van der Waals surface area (Å²) in [7, 11) is 0. The van der Waals surface area contributed by atoms with Crippen molar-refractivity contribution in [2.45, 2.75) is 6.92 Å². The molecule has 26 heavy (non-hydrogen) atoms. The second kappa shape index (κ2) is 6.32. The summed E-state index contributed by atoms with van der Waals surface area (Å²) in [5, 5.41) is 13.4. The first-order valence-electron chi connectivity index (χ1n) is 7.82. The van der Waals surface area contributed by atoms with Gasteiger partial charge in [-0.2, -0.15) is 10.2 Å². The molecular weight excluding hydrogens is 337 g/mol. The number of anilines is 1. The molecule has 3 heterocycles. The van der Waals surface area contributed by atoms with Crippen molar-refractivity contribution in [2.75, 3.05) is 5.32 Å². The average Bonchev–Trinajstić information content (AvgIpc) is 3.36. The Labute approximate surface area is 147 Å². The molecule has 0 bridgehead atoms. The molecule has 3 aromatic heterocycles. The van der Waals surface area contributed by atoms with Gasteiger partial charge >= 0.3 is 0 Å². The monoisotopic (exact) mass is 351 g/mol. The molecule has 0 aliphatic rings. The van der Waals surface area contributed by atoms with Crippen molar-refractivity contribution in [3.05, 3.63) is 72.1 Å². The highest BCUT2D eigenvalue weighted by molar-refractivity contribution is 6.03. The summed E-state index contributed by atoms with van der Waals surface area (Å²) in [6.45, 7) is 1.87. The summed E-state index contributed by atoms with van der Waals surface area (Å²) in [5.74, 6) is -0.383. The number of nitrogens with one attached hydrogen (secondary N) is 2. The van der Waals surface area contributed by atoms with E-state index in [4.69, 9.17) is 4.42 Å². The third-order valence-corrected chi connectivity index (χ3v) is 3.76. The van der Waals surface area contributed by atoms with Crippen LogP contribution in [0.3, 0.4) is 0 Å². The van der Waals surface area contributed by atoms with E-state index in [2.05, 4.69) is 20.6 Å². The van der Waals surface area contributed by atoms with Crippen molar-refractivity contribution in [2.24, 2.45) is 0 Å². The third kappa shape index (κ3) is 3.00. The Morgan fingerprint density at radius 3 is 2.88 bits per heavy atom. The lowest BCUT2D eigenvalue weighted by Gasteiger charge is -2.07. The van der Waals surface area contributed by atoms with Crippen LogP contribution in [0.1, 0.15) is 16.1 Å². The Balaban J connectivity index is 1.52. The molecule has 8 heteroatoms. The molecule has 4 aromatic rings. The molecule has 0 spiro atoms. The maximum atomic E-state index is 14.3. The van der Waals surface area contributed by atoms with Crippen LogP contribution in [-0.2, 0) is 0 Å². The smallest absolute Gasteiger partial charge is 0.276 e. The molecule has 0 saturated heterocycles. The quantitative estimate of drug-likeness (QED) is 0.588. The zero-order chi connectivity index (χ0) is 18.1. The van der Waals surface area contributed by atoms with Crippen molar-refractivity contribution >= 4 is 11.6 Å². The summed E-state index contributed by atoms with van der Waals surface area (Å²) < 4.78 is 21.0. The van der Waals surface area contributed by atoms with Gasteiger partial charge in [0.15, 0.2) is 17.3 Å². The molecule has 0 fully saturated rings. The van der Waals surface area contributed by atoms with Gasteiger partial charge in [0.1, 0.15) is 11.4 Å². The Bertz CT molecular complexity index is 1070. The lowest BCUT2D eigenvalue weighted by molar-refractivity contribution is 0.102. The summed E-state index contributed by atoms with van der Waals surface area (Å²) in [4.78, 5) is 12.3. The molecule has 0 aliphatic carbocycles. The Kier molecular flexibility index (Phi) is 3.85. The number of hydrogen-bond donors (Lipinski definition) is 2. The lowest BCUT2D eigenvalue weighted by atomic mass is 10.2. The number of carbonyl (C=O) groups is 1. The lowest BCUT2D eigenvalue weighted by Crippen LogP contribution is -2.12. The van der Waals surface area contributed by atoms with Gasteiger partial charge in [-0.1, -0.05) is 0 Å². The fraction of sp³-hybridized carbons (Fsp3) is 0.0556. The number of hydrogen-bond acceptors (Lipinski definition) is 4. The van der Waals surface area contributed by atoms with Crippen LogP contribution in [0.2, 0.25) is 0 Å². The Hall–Kier alpha value is -3.68. The molecule has 0 unspecified atom stereocenters.